The molecule has 0 aromatic heterocycles. The molecule has 1 amide bonds. The summed E-state index contributed by atoms with van der Waals surface area (Å²) in [5.74, 6) is -9.35. The molecule has 40 heavy (non-hydrogen) atoms. The van der Waals surface area contributed by atoms with E-state index in [9.17, 15) is 57.1 Å². The molecule has 1 unspecified atom stereocenters. The van der Waals surface area contributed by atoms with Gasteiger partial charge < -0.3 is 5.32 Å². The minimum Gasteiger partial charge on any atom is -0.349 e. The third-order valence-electron chi connectivity index (χ3n) is 5.08. The molecule has 0 heterocycles. The Kier molecular flexibility index (Phi) is 10.4. The van der Waals surface area contributed by atoms with Crippen LogP contribution in [0, 0.1) is 0 Å². The molecule has 0 aliphatic carbocycles. The SMILES string of the molecule is C[C@H](CS(=O)(=O)CC(F)(F)F)NC(=O)c1ccc(/C(F)=C/C(c2ccc(Cl)c(Br)c2)C(F)(F)F)cc1C(F)(F)F. The van der Waals surface area contributed by atoms with E-state index < -0.39 is 85.8 Å². The normalized spacial score (nSPS) is 15.1. The average molecular weight is 693 g/mol. The number of amides is 1. The second kappa shape index (κ2) is 12.3. The van der Waals surface area contributed by atoms with Gasteiger partial charge >= 0.3 is 18.5 Å². The monoisotopic (exact) mass is 691 g/mol. The molecule has 0 saturated carbocycles. The van der Waals surface area contributed by atoms with Gasteiger partial charge in [0.05, 0.1) is 21.9 Å². The highest BCUT2D eigenvalue weighted by Gasteiger charge is 2.41. The topological polar surface area (TPSA) is 63.2 Å². The van der Waals surface area contributed by atoms with Gasteiger partial charge in [-0.15, -0.1) is 0 Å². The van der Waals surface area contributed by atoms with E-state index in [1.54, 1.807) is 0 Å². The van der Waals surface area contributed by atoms with Crippen LogP contribution in [0.25, 0.3) is 5.83 Å². The molecule has 0 saturated heterocycles. The van der Waals surface area contributed by atoms with E-state index in [0.717, 1.165) is 25.1 Å². The second-order valence-electron chi connectivity index (χ2n) is 8.51. The zero-order valence-electron chi connectivity index (χ0n) is 19.8. The minimum atomic E-state index is -5.33. The Morgan fingerprint density at radius 3 is 2.12 bits per heavy atom. The van der Waals surface area contributed by atoms with Gasteiger partial charge in [0.25, 0.3) is 5.91 Å². The van der Waals surface area contributed by atoms with Crippen LogP contribution in [-0.2, 0) is 16.0 Å². The molecule has 0 radical (unpaired) electrons. The quantitative estimate of drug-likeness (QED) is 0.287. The molecule has 2 rings (SSSR count). The third kappa shape index (κ3) is 9.65. The van der Waals surface area contributed by atoms with Crippen molar-refractivity contribution in [1.29, 1.82) is 0 Å². The summed E-state index contributed by atoms with van der Waals surface area (Å²) in [4.78, 5) is 12.4. The van der Waals surface area contributed by atoms with E-state index in [0.29, 0.717) is 12.1 Å². The predicted molar refractivity (Wildman–Crippen MR) is 130 cm³/mol. The summed E-state index contributed by atoms with van der Waals surface area (Å²) in [6.07, 6.45) is -15.5. The molecule has 17 heteroatoms. The van der Waals surface area contributed by atoms with Gasteiger partial charge in [0.2, 0.25) is 0 Å². The number of allylic oxidation sites excluding steroid dienone is 1. The zero-order valence-corrected chi connectivity index (χ0v) is 22.9. The van der Waals surface area contributed by atoms with Crippen molar-refractivity contribution in [2.75, 3.05) is 11.5 Å². The van der Waals surface area contributed by atoms with E-state index in [2.05, 4.69) is 15.9 Å². The van der Waals surface area contributed by atoms with Crippen LogP contribution < -0.4 is 5.32 Å². The molecule has 0 fully saturated rings. The number of halogens is 12. The fourth-order valence-corrected chi connectivity index (χ4v) is 5.46. The standard InChI is InChI=1S/C23H17BrClF10NO3S/c1-11(9-40(38,39)10-21(27,28)29)36-20(37)14-4-2-13(6-16(14)23(33,34)35)19(26)8-15(22(30,31)32)12-3-5-18(25)17(24)7-12/h2-8,11,15H,9-10H2,1H3,(H,36,37)/b19-8-/t11-,15?/m1/s1. The summed E-state index contributed by atoms with van der Waals surface area (Å²) in [5.41, 5.74) is -4.40. The molecular formula is C23H17BrClF10NO3S. The molecule has 0 bridgehead atoms. The van der Waals surface area contributed by atoms with Crippen molar-refractivity contribution >= 4 is 49.1 Å². The van der Waals surface area contributed by atoms with Crippen LogP contribution in [0.2, 0.25) is 5.02 Å². The lowest BCUT2D eigenvalue weighted by atomic mass is 9.95. The summed E-state index contributed by atoms with van der Waals surface area (Å²) >= 11 is 8.69. The molecule has 2 atom stereocenters. The maximum atomic E-state index is 14.9. The van der Waals surface area contributed by atoms with Gasteiger partial charge in [-0.1, -0.05) is 23.7 Å². The van der Waals surface area contributed by atoms with Crippen LogP contribution in [0.15, 0.2) is 46.9 Å². The van der Waals surface area contributed by atoms with Crippen LogP contribution in [0.5, 0.6) is 0 Å². The maximum absolute atomic E-state index is 14.9. The van der Waals surface area contributed by atoms with Crippen molar-refractivity contribution in [3.05, 3.63) is 74.2 Å². The molecule has 0 aliphatic heterocycles. The van der Waals surface area contributed by atoms with Gasteiger partial charge in [0.15, 0.2) is 9.84 Å². The summed E-state index contributed by atoms with van der Waals surface area (Å²) in [6, 6.07) is 2.54. The van der Waals surface area contributed by atoms with E-state index >= 15 is 0 Å². The fraction of sp³-hybridized carbons (Fsp3) is 0.348. The van der Waals surface area contributed by atoms with Crippen molar-refractivity contribution in [2.45, 2.75) is 37.4 Å². The largest absolute Gasteiger partial charge is 0.417 e. The van der Waals surface area contributed by atoms with Crippen molar-refractivity contribution in [3.63, 3.8) is 0 Å². The lowest BCUT2D eigenvalue weighted by Gasteiger charge is -2.19. The number of hydrogen-bond donors (Lipinski definition) is 1. The Hall–Kier alpha value is -2.33. The van der Waals surface area contributed by atoms with Crippen molar-refractivity contribution in [1.82, 2.24) is 5.32 Å². The van der Waals surface area contributed by atoms with E-state index in [4.69, 9.17) is 11.6 Å². The number of hydrogen-bond acceptors (Lipinski definition) is 3. The first-order chi connectivity index (χ1) is 18.0. The number of sulfone groups is 1. The van der Waals surface area contributed by atoms with Gasteiger partial charge in [-0.3, -0.25) is 4.79 Å². The lowest BCUT2D eigenvalue weighted by molar-refractivity contribution is -0.140. The highest BCUT2D eigenvalue weighted by atomic mass is 79.9. The molecule has 2 aromatic carbocycles. The molecule has 4 nitrogen and oxygen atoms in total. The van der Waals surface area contributed by atoms with Gasteiger partial charge in [-0.25, -0.2) is 12.8 Å². The van der Waals surface area contributed by atoms with Crippen LogP contribution in [0.1, 0.15) is 39.9 Å². The first-order valence-corrected chi connectivity index (χ1v) is 13.7. The smallest absolute Gasteiger partial charge is 0.349 e. The maximum Gasteiger partial charge on any atom is 0.417 e. The highest BCUT2D eigenvalue weighted by molar-refractivity contribution is 9.10. The number of carbonyl (C=O) groups excluding carboxylic acids is 1. The third-order valence-corrected chi connectivity index (χ3v) is 8.07. The molecule has 1 N–H and O–H groups in total. The average Bonchev–Trinajstić information content (AvgIpc) is 2.75. The Labute approximate surface area is 234 Å². The van der Waals surface area contributed by atoms with Crippen molar-refractivity contribution in [3.8, 4) is 0 Å². The summed E-state index contributed by atoms with van der Waals surface area (Å²) in [6.45, 7) is 0.933. The molecule has 0 spiro atoms. The number of carbonyl (C=O) groups is 1. The predicted octanol–water partition coefficient (Wildman–Crippen LogP) is 7.87. The van der Waals surface area contributed by atoms with Crippen LogP contribution >= 0.6 is 27.5 Å². The summed E-state index contributed by atoms with van der Waals surface area (Å²) in [7, 11) is -4.80. The number of nitrogens with one attached hydrogen (secondary N) is 1. The van der Waals surface area contributed by atoms with Gasteiger partial charge in [0.1, 0.15) is 17.5 Å². The Bertz CT molecular complexity index is 1390. The Morgan fingerprint density at radius 2 is 1.62 bits per heavy atom. The summed E-state index contributed by atoms with van der Waals surface area (Å²) < 4.78 is 158. The second-order valence-corrected chi connectivity index (χ2v) is 11.9. The first-order valence-electron chi connectivity index (χ1n) is 10.7. The van der Waals surface area contributed by atoms with Gasteiger partial charge in [-0.2, -0.15) is 39.5 Å². The Morgan fingerprint density at radius 1 is 1.02 bits per heavy atom. The van der Waals surface area contributed by atoms with Crippen molar-refractivity contribution < 1.29 is 57.1 Å². The zero-order chi connectivity index (χ0) is 30.8. The van der Waals surface area contributed by atoms with Gasteiger partial charge in [0, 0.05) is 16.1 Å². The number of alkyl halides is 9. The number of benzene rings is 2. The van der Waals surface area contributed by atoms with Crippen LogP contribution in [0.3, 0.4) is 0 Å². The summed E-state index contributed by atoms with van der Waals surface area (Å²) in [5, 5.41) is 1.87. The molecular weight excluding hydrogens is 676 g/mol. The molecule has 0 aliphatic rings. The first kappa shape index (κ1) is 33.9. The molecule has 222 valence electrons. The Balaban J connectivity index is 2.43. The van der Waals surface area contributed by atoms with E-state index in [1.165, 1.54) is 0 Å². The number of rotatable bonds is 8. The van der Waals surface area contributed by atoms with Gasteiger partial charge in [-0.05, 0) is 58.8 Å². The lowest BCUT2D eigenvalue weighted by Crippen LogP contribution is -2.40. The van der Waals surface area contributed by atoms with Crippen LogP contribution in [-0.4, -0.2) is 44.2 Å². The molecule has 2 aromatic rings. The van der Waals surface area contributed by atoms with Crippen LogP contribution in [0.4, 0.5) is 43.9 Å². The van der Waals surface area contributed by atoms with Crippen molar-refractivity contribution in [2.24, 2.45) is 0 Å². The van der Waals surface area contributed by atoms with E-state index in [-0.39, 0.29) is 21.6 Å². The highest BCUT2D eigenvalue weighted by Crippen LogP contribution is 2.41. The fourth-order valence-electron chi connectivity index (χ4n) is 3.49. The van der Waals surface area contributed by atoms with E-state index in [1.807, 2.05) is 5.32 Å². The minimum absolute atomic E-state index is 0.0402.